The van der Waals surface area contributed by atoms with Gasteiger partial charge in [-0.05, 0) is 17.8 Å². The largest absolute Gasteiger partial charge is 0.481 e. The first kappa shape index (κ1) is 10.6. The molecule has 0 radical (unpaired) electrons. The summed E-state index contributed by atoms with van der Waals surface area (Å²) in [5.41, 5.74) is -0.933. The number of nitrogens with zero attached hydrogens (tertiary/aromatic N) is 2. The van der Waals surface area contributed by atoms with Crippen LogP contribution in [0.5, 0.6) is 0 Å². The Bertz CT molecular complexity index is 434. The quantitative estimate of drug-likeness (QED) is 0.593. The summed E-state index contributed by atoms with van der Waals surface area (Å²) in [5.74, 6) is -1.31. The van der Waals surface area contributed by atoms with Gasteiger partial charge in [-0.15, -0.1) is 5.10 Å². The number of carboxylic acid groups (broad SMARTS) is 1. The summed E-state index contributed by atoms with van der Waals surface area (Å²) in [4.78, 5) is 21.5. The average molecular weight is 225 g/mol. The van der Waals surface area contributed by atoms with Gasteiger partial charge in [-0.25, -0.2) is 0 Å². The van der Waals surface area contributed by atoms with Gasteiger partial charge in [0, 0.05) is 0 Å². The van der Waals surface area contributed by atoms with E-state index in [9.17, 15) is 20.0 Å². The van der Waals surface area contributed by atoms with Crippen molar-refractivity contribution in [2.24, 2.45) is 0 Å². The van der Waals surface area contributed by atoms with E-state index in [4.69, 9.17) is 0 Å². The zero-order valence-corrected chi connectivity index (χ0v) is 8.47. The van der Waals surface area contributed by atoms with E-state index in [1.165, 1.54) is 6.20 Å². The maximum absolute atomic E-state index is 11.3. The summed E-state index contributed by atoms with van der Waals surface area (Å²) >= 11 is 0. The lowest BCUT2D eigenvalue weighted by Gasteiger charge is -2.21. The predicted molar refractivity (Wildman–Crippen MR) is 53.0 cm³/mol. The molecule has 1 fully saturated rings. The summed E-state index contributed by atoms with van der Waals surface area (Å²) in [6.07, 6.45) is 3.67. The highest BCUT2D eigenvalue weighted by atomic mass is 16.6. The van der Waals surface area contributed by atoms with Crippen molar-refractivity contribution in [3.63, 3.8) is 0 Å². The van der Waals surface area contributed by atoms with Gasteiger partial charge in [0.1, 0.15) is 5.41 Å². The highest BCUT2D eigenvalue weighted by Crippen LogP contribution is 2.44. The molecule has 1 aromatic rings. The zero-order chi connectivity index (χ0) is 11.8. The lowest BCUT2D eigenvalue weighted by atomic mass is 9.80. The van der Waals surface area contributed by atoms with E-state index in [2.05, 4.69) is 10.2 Å². The SMILES string of the molecule is O=C(O)C1(c2cn[nH]c2[N+](=O)[O-])CCCC1. The summed E-state index contributed by atoms with van der Waals surface area (Å²) < 4.78 is 0. The van der Waals surface area contributed by atoms with Gasteiger partial charge in [-0.1, -0.05) is 17.9 Å². The van der Waals surface area contributed by atoms with Gasteiger partial charge in [-0.3, -0.25) is 4.79 Å². The van der Waals surface area contributed by atoms with Crippen molar-refractivity contribution < 1.29 is 14.8 Å². The number of carboxylic acids is 1. The Labute approximate surface area is 90.6 Å². The van der Waals surface area contributed by atoms with Gasteiger partial charge >= 0.3 is 11.8 Å². The number of rotatable bonds is 3. The molecule has 1 aliphatic carbocycles. The Morgan fingerprint density at radius 3 is 2.69 bits per heavy atom. The summed E-state index contributed by atoms with van der Waals surface area (Å²) in [5, 5.41) is 25.9. The Kier molecular flexibility index (Phi) is 2.37. The second-order valence-electron chi connectivity index (χ2n) is 3.98. The Morgan fingerprint density at radius 1 is 1.56 bits per heavy atom. The number of carbonyl (C=O) groups is 1. The molecule has 7 heteroatoms. The first-order valence-corrected chi connectivity index (χ1v) is 4.99. The Morgan fingerprint density at radius 2 is 2.19 bits per heavy atom. The zero-order valence-electron chi connectivity index (χ0n) is 8.47. The lowest BCUT2D eigenvalue weighted by Crippen LogP contribution is -2.32. The third-order valence-corrected chi connectivity index (χ3v) is 3.18. The van der Waals surface area contributed by atoms with Crippen LogP contribution in [-0.2, 0) is 10.2 Å². The maximum atomic E-state index is 11.3. The maximum Gasteiger partial charge on any atom is 0.346 e. The van der Waals surface area contributed by atoms with E-state index in [-0.39, 0.29) is 11.4 Å². The van der Waals surface area contributed by atoms with Gasteiger partial charge in [0.2, 0.25) is 0 Å². The molecular formula is C9H11N3O4. The fraction of sp³-hybridized carbons (Fsp3) is 0.556. The number of nitro groups is 1. The topological polar surface area (TPSA) is 109 Å². The number of aliphatic carboxylic acids is 1. The van der Waals surface area contributed by atoms with Crippen molar-refractivity contribution in [2.75, 3.05) is 0 Å². The second kappa shape index (κ2) is 3.58. The van der Waals surface area contributed by atoms with E-state index >= 15 is 0 Å². The monoisotopic (exact) mass is 225 g/mol. The van der Waals surface area contributed by atoms with Crippen LogP contribution in [0.4, 0.5) is 5.82 Å². The molecule has 16 heavy (non-hydrogen) atoms. The van der Waals surface area contributed by atoms with E-state index in [1.54, 1.807) is 0 Å². The molecule has 86 valence electrons. The van der Waals surface area contributed by atoms with Gasteiger partial charge in [-0.2, -0.15) is 0 Å². The fourth-order valence-electron chi connectivity index (χ4n) is 2.35. The molecular weight excluding hydrogens is 214 g/mol. The third kappa shape index (κ3) is 1.36. The molecule has 0 aliphatic heterocycles. The number of nitrogens with one attached hydrogen (secondary N) is 1. The summed E-state index contributed by atoms with van der Waals surface area (Å²) in [7, 11) is 0. The van der Waals surface area contributed by atoms with Gasteiger partial charge in [0.05, 0.1) is 11.8 Å². The van der Waals surface area contributed by atoms with Crippen LogP contribution in [0.1, 0.15) is 31.2 Å². The van der Waals surface area contributed by atoms with E-state index < -0.39 is 16.3 Å². The molecule has 0 saturated heterocycles. The molecule has 1 saturated carbocycles. The van der Waals surface area contributed by atoms with Crippen LogP contribution in [0.3, 0.4) is 0 Å². The molecule has 7 nitrogen and oxygen atoms in total. The van der Waals surface area contributed by atoms with Crippen LogP contribution in [0, 0.1) is 10.1 Å². The molecule has 1 heterocycles. The van der Waals surface area contributed by atoms with E-state index in [0.717, 1.165) is 12.8 Å². The van der Waals surface area contributed by atoms with Crippen molar-refractivity contribution >= 4 is 11.8 Å². The smallest absolute Gasteiger partial charge is 0.346 e. The molecule has 1 aliphatic rings. The number of aromatic nitrogens is 2. The minimum atomic E-state index is -1.13. The van der Waals surface area contributed by atoms with Crippen LogP contribution in [0.2, 0.25) is 0 Å². The molecule has 0 amide bonds. The third-order valence-electron chi connectivity index (χ3n) is 3.18. The van der Waals surface area contributed by atoms with Crippen molar-refractivity contribution in [1.82, 2.24) is 10.2 Å². The lowest BCUT2D eigenvalue weighted by molar-refractivity contribution is -0.390. The number of hydrogen-bond acceptors (Lipinski definition) is 4. The Hall–Kier alpha value is -1.92. The summed E-state index contributed by atoms with van der Waals surface area (Å²) in [6.45, 7) is 0. The molecule has 2 N–H and O–H groups in total. The van der Waals surface area contributed by atoms with Crippen LogP contribution < -0.4 is 0 Å². The van der Waals surface area contributed by atoms with Crippen molar-refractivity contribution in [3.8, 4) is 0 Å². The molecule has 0 unspecified atom stereocenters. The molecule has 2 rings (SSSR count). The number of aromatic amines is 1. The number of H-pyrrole nitrogens is 1. The minimum Gasteiger partial charge on any atom is -0.481 e. The van der Waals surface area contributed by atoms with Crippen LogP contribution in [0.15, 0.2) is 6.20 Å². The minimum absolute atomic E-state index is 0.197. The predicted octanol–water partition coefficient (Wildman–Crippen LogP) is 1.21. The molecule has 0 spiro atoms. The molecule has 0 atom stereocenters. The van der Waals surface area contributed by atoms with Crippen LogP contribution >= 0.6 is 0 Å². The first-order valence-electron chi connectivity index (χ1n) is 4.99. The van der Waals surface area contributed by atoms with Gasteiger partial charge in [0.15, 0.2) is 0 Å². The van der Waals surface area contributed by atoms with Crippen LogP contribution in [0.25, 0.3) is 0 Å². The molecule has 1 aromatic heterocycles. The van der Waals surface area contributed by atoms with Gasteiger partial charge in [0.25, 0.3) is 0 Å². The number of hydrogen-bond donors (Lipinski definition) is 2. The van der Waals surface area contributed by atoms with Crippen molar-refractivity contribution in [3.05, 3.63) is 21.9 Å². The first-order chi connectivity index (χ1) is 7.58. The van der Waals surface area contributed by atoms with Gasteiger partial charge < -0.3 is 15.2 Å². The van der Waals surface area contributed by atoms with Crippen molar-refractivity contribution in [1.29, 1.82) is 0 Å². The fourth-order valence-corrected chi connectivity index (χ4v) is 2.35. The Balaban J connectivity index is 2.51. The van der Waals surface area contributed by atoms with Crippen molar-refractivity contribution in [2.45, 2.75) is 31.1 Å². The normalized spacial score (nSPS) is 18.5. The highest BCUT2D eigenvalue weighted by molar-refractivity contribution is 5.83. The standard InChI is InChI=1S/C9H11N3O4/c13-8(14)9(3-1-2-4-9)6-5-10-11-7(6)12(15)16/h5H,1-4H2,(H,10,11)(H,13,14). The molecule has 0 bridgehead atoms. The summed E-state index contributed by atoms with van der Waals surface area (Å²) in [6, 6.07) is 0. The van der Waals surface area contributed by atoms with E-state index in [0.29, 0.717) is 12.8 Å². The average Bonchev–Trinajstić information content (AvgIpc) is 2.87. The highest BCUT2D eigenvalue weighted by Gasteiger charge is 2.47. The van der Waals surface area contributed by atoms with E-state index in [1.807, 2.05) is 0 Å². The van der Waals surface area contributed by atoms with Crippen LogP contribution in [-0.4, -0.2) is 26.2 Å². The second-order valence-corrected chi connectivity index (χ2v) is 3.98. The molecule has 0 aromatic carbocycles.